The number of aromatic nitrogens is 2. The molecular formula is C10H7F2N3O. The van der Waals surface area contributed by atoms with E-state index in [0.29, 0.717) is 11.8 Å². The molecular weight excluding hydrogens is 216 g/mol. The Morgan fingerprint density at radius 2 is 2.06 bits per heavy atom. The van der Waals surface area contributed by atoms with Gasteiger partial charge in [-0.2, -0.15) is 4.98 Å². The Balaban J connectivity index is 2.32. The molecule has 0 fully saturated rings. The molecule has 4 nitrogen and oxygen atoms in total. The van der Waals surface area contributed by atoms with Crippen molar-refractivity contribution in [1.82, 2.24) is 9.97 Å². The van der Waals surface area contributed by atoms with Crippen molar-refractivity contribution in [2.24, 2.45) is 0 Å². The lowest BCUT2D eigenvalue weighted by Crippen LogP contribution is -2.00. The molecule has 0 aliphatic heterocycles. The topological polar surface area (TPSA) is 61.0 Å². The molecule has 2 aromatic rings. The first-order valence-corrected chi connectivity index (χ1v) is 4.36. The zero-order valence-corrected chi connectivity index (χ0v) is 8.02. The number of nitrogens with two attached hydrogens (primary N) is 1. The van der Waals surface area contributed by atoms with E-state index in [1.54, 1.807) is 12.1 Å². The molecule has 2 aromatic heterocycles. The Morgan fingerprint density at radius 1 is 1.25 bits per heavy atom. The van der Waals surface area contributed by atoms with E-state index in [2.05, 4.69) is 9.97 Å². The molecule has 6 heteroatoms. The first-order chi connectivity index (χ1) is 7.66. The molecule has 16 heavy (non-hydrogen) atoms. The minimum Gasteiger partial charge on any atom is -0.435 e. The summed E-state index contributed by atoms with van der Waals surface area (Å²) < 4.78 is 31.1. The predicted molar refractivity (Wildman–Crippen MR) is 52.9 cm³/mol. The summed E-state index contributed by atoms with van der Waals surface area (Å²) in [6.07, 6.45) is 2.91. The fraction of sp³-hybridized carbons (Fsp3) is 0. The second-order valence-corrected chi connectivity index (χ2v) is 2.93. The molecule has 82 valence electrons. The van der Waals surface area contributed by atoms with Crippen molar-refractivity contribution in [1.29, 1.82) is 0 Å². The summed E-state index contributed by atoms with van der Waals surface area (Å²) >= 11 is 0. The normalized spacial score (nSPS) is 10.1. The summed E-state index contributed by atoms with van der Waals surface area (Å²) in [6, 6.07) is 3.79. The molecule has 2 rings (SSSR count). The van der Waals surface area contributed by atoms with Crippen LogP contribution in [0.2, 0.25) is 0 Å². The Labute approximate surface area is 89.7 Å². The third-order valence-electron chi connectivity index (χ3n) is 1.77. The number of nitrogens with zero attached hydrogens (tertiary/aromatic N) is 2. The van der Waals surface area contributed by atoms with E-state index in [1.807, 2.05) is 0 Å². The van der Waals surface area contributed by atoms with E-state index in [-0.39, 0.29) is 5.88 Å². The SMILES string of the molecule is Nc1nc(Oc2cccnc2)c(F)cc1F. The van der Waals surface area contributed by atoms with Gasteiger partial charge >= 0.3 is 0 Å². The van der Waals surface area contributed by atoms with E-state index in [0.717, 1.165) is 0 Å². The van der Waals surface area contributed by atoms with Gasteiger partial charge in [-0.1, -0.05) is 0 Å². The third-order valence-corrected chi connectivity index (χ3v) is 1.77. The number of pyridine rings is 2. The highest BCUT2D eigenvalue weighted by Crippen LogP contribution is 2.23. The number of nitrogen functional groups attached to an aromatic ring is 1. The van der Waals surface area contributed by atoms with Gasteiger partial charge in [-0.3, -0.25) is 4.98 Å². The summed E-state index contributed by atoms with van der Waals surface area (Å²) in [5.41, 5.74) is 5.19. The van der Waals surface area contributed by atoms with Crippen LogP contribution in [0.3, 0.4) is 0 Å². The fourth-order valence-corrected chi connectivity index (χ4v) is 1.05. The van der Waals surface area contributed by atoms with Gasteiger partial charge in [0, 0.05) is 12.3 Å². The second-order valence-electron chi connectivity index (χ2n) is 2.93. The van der Waals surface area contributed by atoms with Crippen molar-refractivity contribution >= 4 is 5.82 Å². The molecule has 0 bridgehead atoms. The van der Waals surface area contributed by atoms with Gasteiger partial charge in [0.2, 0.25) is 0 Å². The van der Waals surface area contributed by atoms with Crippen molar-refractivity contribution in [3.8, 4) is 11.6 Å². The zero-order chi connectivity index (χ0) is 11.5. The Bertz CT molecular complexity index is 505. The van der Waals surface area contributed by atoms with Gasteiger partial charge in [-0.25, -0.2) is 8.78 Å². The van der Waals surface area contributed by atoms with E-state index in [1.165, 1.54) is 12.4 Å². The summed E-state index contributed by atoms with van der Waals surface area (Å²) in [7, 11) is 0. The molecule has 0 saturated carbocycles. The molecule has 0 saturated heterocycles. The molecule has 0 radical (unpaired) electrons. The highest BCUT2D eigenvalue weighted by atomic mass is 19.1. The van der Waals surface area contributed by atoms with Crippen molar-refractivity contribution in [2.45, 2.75) is 0 Å². The highest BCUT2D eigenvalue weighted by Gasteiger charge is 2.11. The van der Waals surface area contributed by atoms with Gasteiger partial charge in [-0.15, -0.1) is 0 Å². The van der Waals surface area contributed by atoms with Crippen LogP contribution in [0.1, 0.15) is 0 Å². The van der Waals surface area contributed by atoms with Crippen LogP contribution in [0, 0.1) is 11.6 Å². The van der Waals surface area contributed by atoms with Gasteiger partial charge in [-0.05, 0) is 12.1 Å². The molecule has 0 aliphatic rings. The van der Waals surface area contributed by atoms with Gasteiger partial charge in [0.05, 0.1) is 6.20 Å². The summed E-state index contributed by atoms with van der Waals surface area (Å²) in [5, 5.41) is 0. The molecule has 0 aromatic carbocycles. The average molecular weight is 223 g/mol. The number of hydrogen-bond acceptors (Lipinski definition) is 4. The standard InChI is InChI=1S/C10H7F2N3O/c11-7-4-8(12)10(15-9(7)13)16-6-2-1-3-14-5-6/h1-5H,(H2,13,15). The van der Waals surface area contributed by atoms with Crippen molar-refractivity contribution in [3.63, 3.8) is 0 Å². The van der Waals surface area contributed by atoms with Crippen LogP contribution in [0.15, 0.2) is 30.6 Å². The highest BCUT2D eigenvalue weighted by molar-refractivity contribution is 5.36. The monoisotopic (exact) mass is 223 g/mol. The Hall–Kier alpha value is -2.24. The number of hydrogen-bond donors (Lipinski definition) is 1. The summed E-state index contributed by atoms with van der Waals surface area (Å²) in [4.78, 5) is 7.22. The lowest BCUT2D eigenvalue weighted by atomic mass is 10.4. The van der Waals surface area contributed by atoms with Crippen LogP contribution in [0.4, 0.5) is 14.6 Å². The van der Waals surface area contributed by atoms with E-state index in [9.17, 15) is 8.78 Å². The van der Waals surface area contributed by atoms with Crippen molar-refractivity contribution in [3.05, 3.63) is 42.2 Å². The second kappa shape index (κ2) is 4.09. The predicted octanol–water partition coefficient (Wildman–Crippen LogP) is 2.13. The quantitative estimate of drug-likeness (QED) is 0.847. The van der Waals surface area contributed by atoms with Crippen molar-refractivity contribution < 1.29 is 13.5 Å². The van der Waals surface area contributed by atoms with E-state index >= 15 is 0 Å². The lowest BCUT2D eigenvalue weighted by Gasteiger charge is -2.05. The Kier molecular flexibility index (Phi) is 2.63. The number of anilines is 1. The molecule has 0 atom stereocenters. The van der Waals surface area contributed by atoms with Crippen LogP contribution in [0.25, 0.3) is 0 Å². The maximum Gasteiger partial charge on any atom is 0.258 e. The van der Waals surface area contributed by atoms with Crippen molar-refractivity contribution in [2.75, 3.05) is 5.73 Å². The summed E-state index contributed by atoms with van der Waals surface area (Å²) in [5.74, 6) is -2.35. The van der Waals surface area contributed by atoms with Crippen LogP contribution in [0.5, 0.6) is 11.6 Å². The fourth-order valence-electron chi connectivity index (χ4n) is 1.05. The first kappa shape index (κ1) is 10.3. The smallest absolute Gasteiger partial charge is 0.258 e. The van der Waals surface area contributed by atoms with E-state index in [4.69, 9.17) is 10.5 Å². The minimum atomic E-state index is -0.921. The van der Waals surface area contributed by atoms with Gasteiger partial charge in [0.25, 0.3) is 5.88 Å². The summed E-state index contributed by atoms with van der Waals surface area (Å²) in [6.45, 7) is 0. The maximum absolute atomic E-state index is 13.2. The molecule has 0 aliphatic carbocycles. The van der Waals surface area contributed by atoms with Crippen LogP contribution < -0.4 is 10.5 Å². The molecule has 2 heterocycles. The largest absolute Gasteiger partial charge is 0.435 e. The lowest BCUT2D eigenvalue weighted by molar-refractivity contribution is 0.417. The van der Waals surface area contributed by atoms with Crippen LogP contribution >= 0.6 is 0 Å². The van der Waals surface area contributed by atoms with Gasteiger partial charge in [0.1, 0.15) is 5.75 Å². The van der Waals surface area contributed by atoms with Gasteiger partial charge < -0.3 is 10.5 Å². The average Bonchev–Trinajstić information content (AvgIpc) is 2.27. The number of rotatable bonds is 2. The molecule has 0 unspecified atom stereocenters. The maximum atomic E-state index is 13.2. The number of ether oxygens (including phenoxy) is 1. The zero-order valence-electron chi connectivity index (χ0n) is 8.02. The molecule has 2 N–H and O–H groups in total. The first-order valence-electron chi connectivity index (χ1n) is 4.36. The minimum absolute atomic E-state index is 0.292. The molecule has 0 amide bonds. The Morgan fingerprint density at radius 3 is 2.75 bits per heavy atom. The van der Waals surface area contributed by atoms with Crippen LogP contribution in [-0.4, -0.2) is 9.97 Å². The van der Waals surface area contributed by atoms with Crippen LogP contribution in [-0.2, 0) is 0 Å². The van der Waals surface area contributed by atoms with E-state index < -0.39 is 17.5 Å². The van der Waals surface area contributed by atoms with Gasteiger partial charge in [0.15, 0.2) is 17.5 Å². The number of halogens is 2. The third kappa shape index (κ3) is 2.05. The molecule has 0 spiro atoms.